The first-order chi connectivity index (χ1) is 12.6. The molecule has 26 heavy (non-hydrogen) atoms. The van der Waals surface area contributed by atoms with E-state index in [4.69, 9.17) is 20.8 Å². The van der Waals surface area contributed by atoms with E-state index in [1.165, 1.54) is 0 Å². The predicted octanol–water partition coefficient (Wildman–Crippen LogP) is 4.77. The van der Waals surface area contributed by atoms with E-state index in [2.05, 4.69) is 4.98 Å². The minimum absolute atomic E-state index is 0.0827. The molecule has 0 saturated carbocycles. The number of H-pyrrole nitrogens is 1. The van der Waals surface area contributed by atoms with Crippen molar-refractivity contribution in [3.63, 3.8) is 0 Å². The van der Waals surface area contributed by atoms with E-state index in [1.807, 2.05) is 24.3 Å². The van der Waals surface area contributed by atoms with Gasteiger partial charge in [-0.05, 0) is 36.8 Å². The zero-order valence-corrected chi connectivity index (χ0v) is 14.6. The smallest absolute Gasteiger partial charge is 0.344 e. The normalized spacial score (nSPS) is 11.2. The fourth-order valence-corrected chi connectivity index (χ4v) is 3.16. The Hall–Kier alpha value is -3.05. The summed E-state index contributed by atoms with van der Waals surface area (Å²) in [5, 5.41) is 1.32. The van der Waals surface area contributed by atoms with Crippen LogP contribution in [0, 0.1) is 0 Å². The summed E-state index contributed by atoms with van der Waals surface area (Å²) in [6.45, 7) is 1.85. The Bertz CT molecular complexity index is 1190. The Morgan fingerprint density at radius 3 is 2.62 bits per heavy atom. The molecule has 0 unspecified atom stereocenters. The van der Waals surface area contributed by atoms with Crippen LogP contribution in [-0.4, -0.2) is 17.6 Å². The lowest BCUT2D eigenvalue weighted by Gasteiger charge is -2.09. The minimum atomic E-state index is -0.693. The molecule has 2 aromatic carbocycles. The lowest BCUT2D eigenvalue weighted by atomic mass is 9.99. The molecule has 0 atom stereocenters. The second kappa shape index (κ2) is 6.35. The number of para-hydroxylation sites is 1. The Labute approximate surface area is 153 Å². The molecule has 4 rings (SSSR count). The molecule has 1 N–H and O–H groups in total. The van der Waals surface area contributed by atoms with Crippen molar-refractivity contribution in [1.82, 2.24) is 4.98 Å². The number of aromatic amines is 1. The number of benzene rings is 2. The SMILES string of the molecule is CCOC(=O)c1c(-c2ccc(Cl)cc2)c2oc3ccccc3c2[nH]c1=O. The fraction of sp³-hybridized carbons (Fsp3) is 0.100. The van der Waals surface area contributed by atoms with Gasteiger partial charge in [-0.2, -0.15) is 0 Å². The van der Waals surface area contributed by atoms with Crippen LogP contribution in [0.5, 0.6) is 0 Å². The summed E-state index contributed by atoms with van der Waals surface area (Å²) >= 11 is 5.98. The lowest BCUT2D eigenvalue weighted by Crippen LogP contribution is -2.21. The Balaban J connectivity index is 2.15. The minimum Gasteiger partial charge on any atom is -0.462 e. The van der Waals surface area contributed by atoms with Gasteiger partial charge in [-0.25, -0.2) is 4.79 Å². The molecule has 0 spiro atoms. The van der Waals surface area contributed by atoms with Gasteiger partial charge in [-0.1, -0.05) is 35.9 Å². The molecule has 0 aliphatic rings. The van der Waals surface area contributed by atoms with Crippen LogP contribution in [0.1, 0.15) is 17.3 Å². The number of carbonyl (C=O) groups excluding carboxylic acids is 1. The monoisotopic (exact) mass is 367 g/mol. The molecule has 0 amide bonds. The third kappa shape index (κ3) is 2.57. The van der Waals surface area contributed by atoms with E-state index in [1.54, 1.807) is 31.2 Å². The number of pyridine rings is 1. The van der Waals surface area contributed by atoms with Gasteiger partial charge in [0.15, 0.2) is 5.58 Å². The number of carbonyl (C=O) groups is 1. The largest absolute Gasteiger partial charge is 0.462 e. The number of hydrogen-bond donors (Lipinski definition) is 1. The number of halogens is 1. The maximum Gasteiger partial charge on any atom is 0.344 e. The molecule has 2 aromatic heterocycles. The van der Waals surface area contributed by atoms with Gasteiger partial charge in [0.2, 0.25) is 0 Å². The number of rotatable bonds is 3. The van der Waals surface area contributed by atoms with E-state index in [0.29, 0.717) is 32.8 Å². The third-order valence-corrected chi connectivity index (χ3v) is 4.40. The molecule has 0 aliphatic carbocycles. The summed E-state index contributed by atoms with van der Waals surface area (Å²) in [4.78, 5) is 28.0. The zero-order chi connectivity index (χ0) is 18.3. The van der Waals surface area contributed by atoms with E-state index in [0.717, 1.165) is 5.39 Å². The number of hydrogen-bond acceptors (Lipinski definition) is 4. The number of furan rings is 1. The van der Waals surface area contributed by atoms with E-state index >= 15 is 0 Å². The average molecular weight is 368 g/mol. The number of esters is 1. The molecule has 0 radical (unpaired) electrons. The molecule has 6 heteroatoms. The van der Waals surface area contributed by atoms with Gasteiger partial charge in [0.1, 0.15) is 11.1 Å². The summed E-state index contributed by atoms with van der Waals surface area (Å²) in [6.07, 6.45) is 0. The highest BCUT2D eigenvalue weighted by Gasteiger charge is 2.25. The molecule has 0 aliphatic heterocycles. The van der Waals surface area contributed by atoms with Crippen LogP contribution in [-0.2, 0) is 4.74 Å². The van der Waals surface area contributed by atoms with Crippen molar-refractivity contribution in [2.24, 2.45) is 0 Å². The Morgan fingerprint density at radius 1 is 1.15 bits per heavy atom. The van der Waals surface area contributed by atoms with Crippen molar-refractivity contribution >= 4 is 39.6 Å². The molecule has 2 heterocycles. The van der Waals surface area contributed by atoms with Crippen LogP contribution < -0.4 is 5.56 Å². The summed E-state index contributed by atoms with van der Waals surface area (Å²) in [6, 6.07) is 14.2. The van der Waals surface area contributed by atoms with Crippen molar-refractivity contribution < 1.29 is 13.9 Å². The average Bonchev–Trinajstić information content (AvgIpc) is 3.00. The van der Waals surface area contributed by atoms with Gasteiger partial charge in [-0.15, -0.1) is 0 Å². The van der Waals surface area contributed by atoms with Crippen LogP contribution in [0.2, 0.25) is 5.02 Å². The lowest BCUT2D eigenvalue weighted by molar-refractivity contribution is 0.0525. The molecule has 0 bridgehead atoms. The summed E-state index contributed by atoms with van der Waals surface area (Å²) in [5.41, 5.74) is 2.03. The first kappa shape index (κ1) is 16.4. The van der Waals surface area contributed by atoms with Crippen LogP contribution in [0.15, 0.2) is 57.7 Å². The van der Waals surface area contributed by atoms with Gasteiger partial charge < -0.3 is 14.1 Å². The quantitative estimate of drug-likeness (QED) is 0.529. The van der Waals surface area contributed by atoms with Crippen LogP contribution in [0.3, 0.4) is 0 Å². The highest BCUT2D eigenvalue weighted by Crippen LogP contribution is 2.36. The van der Waals surface area contributed by atoms with Crippen molar-refractivity contribution in [3.8, 4) is 11.1 Å². The Morgan fingerprint density at radius 2 is 1.88 bits per heavy atom. The fourth-order valence-electron chi connectivity index (χ4n) is 3.04. The molecule has 0 saturated heterocycles. The standard InChI is InChI=1S/C20H14ClNO4/c1-2-25-20(24)16-15(11-7-9-12(21)10-8-11)18-17(22-19(16)23)13-5-3-4-6-14(13)26-18/h3-10H,2H2,1H3,(H,22,23). The van der Waals surface area contributed by atoms with E-state index in [-0.39, 0.29) is 12.2 Å². The molecular formula is C20H14ClNO4. The second-order valence-electron chi connectivity index (χ2n) is 5.73. The van der Waals surface area contributed by atoms with Gasteiger partial charge >= 0.3 is 5.97 Å². The van der Waals surface area contributed by atoms with E-state index < -0.39 is 11.5 Å². The highest BCUT2D eigenvalue weighted by atomic mass is 35.5. The summed E-state index contributed by atoms with van der Waals surface area (Å²) in [7, 11) is 0. The summed E-state index contributed by atoms with van der Waals surface area (Å²) in [5.74, 6) is -0.693. The topological polar surface area (TPSA) is 72.3 Å². The molecular weight excluding hydrogens is 354 g/mol. The van der Waals surface area contributed by atoms with Crippen LogP contribution in [0.25, 0.3) is 33.2 Å². The maximum atomic E-state index is 12.7. The van der Waals surface area contributed by atoms with E-state index in [9.17, 15) is 9.59 Å². The van der Waals surface area contributed by atoms with Crippen molar-refractivity contribution in [2.45, 2.75) is 6.92 Å². The van der Waals surface area contributed by atoms with Crippen molar-refractivity contribution in [2.75, 3.05) is 6.61 Å². The number of ether oxygens (including phenoxy) is 1. The van der Waals surface area contributed by atoms with Gasteiger partial charge in [0.05, 0.1) is 12.1 Å². The van der Waals surface area contributed by atoms with Crippen LogP contribution >= 0.6 is 11.6 Å². The van der Waals surface area contributed by atoms with Crippen molar-refractivity contribution in [3.05, 3.63) is 69.5 Å². The summed E-state index contributed by atoms with van der Waals surface area (Å²) < 4.78 is 11.1. The van der Waals surface area contributed by atoms with Crippen molar-refractivity contribution in [1.29, 1.82) is 0 Å². The molecule has 5 nitrogen and oxygen atoms in total. The zero-order valence-electron chi connectivity index (χ0n) is 13.8. The molecule has 0 fully saturated rings. The number of aromatic nitrogens is 1. The van der Waals surface area contributed by atoms with Gasteiger partial charge in [-0.3, -0.25) is 4.79 Å². The molecule has 130 valence electrons. The third-order valence-electron chi connectivity index (χ3n) is 4.15. The maximum absolute atomic E-state index is 12.7. The first-order valence-corrected chi connectivity index (χ1v) is 8.48. The highest BCUT2D eigenvalue weighted by molar-refractivity contribution is 6.30. The Kier molecular flexibility index (Phi) is 4.01. The molecule has 4 aromatic rings. The van der Waals surface area contributed by atoms with Gasteiger partial charge in [0, 0.05) is 16.0 Å². The number of nitrogens with one attached hydrogen (secondary N) is 1. The number of fused-ring (bicyclic) bond motifs is 3. The second-order valence-corrected chi connectivity index (χ2v) is 6.17. The van der Waals surface area contributed by atoms with Crippen LogP contribution in [0.4, 0.5) is 0 Å². The van der Waals surface area contributed by atoms with Gasteiger partial charge in [0.25, 0.3) is 5.56 Å². The predicted molar refractivity (Wildman–Crippen MR) is 101 cm³/mol. The first-order valence-electron chi connectivity index (χ1n) is 8.10.